The van der Waals surface area contributed by atoms with Crippen LogP contribution in [0.15, 0.2) is 24.3 Å². The van der Waals surface area contributed by atoms with E-state index < -0.39 is 29.5 Å². The molecule has 1 amide bonds. The quantitative estimate of drug-likeness (QED) is 0.386. The van der Waals surface area contributed by atoms with Gasteiger partial charge in [0.2, 0.25) is 0 Å². The molecule has 7 nitrogen and oxygen atoms in total. The molecule has 0 aromatic heterocycles. The molecule has 0 fully saturated rings. The number of nitrogens with one attached hydrogen (secondary N) is 1. The first-order chi connectivity index (χ1) is 9.36. The smallest absolute Gasteiger partial charge is 0.253 e. The van der Waals surface area contributed by atoms with E-state index in [2.05, 4.69) is 5.32 Å². The molecule has 20 heavy (non-hydrogen) atoms. The molecule has 0 saturated heterocycles. The number of alkyl halides is 2. The van der Waals surface area contributed by atoms with Crippen LogP contribution in [0.3, 0.4) is 0 Å². The van der Waals surface area contributed by atoms with Crippen LogP contribution in [0.5, 0.6) is 0 Å². The monoisotopic (exact) mass is 324 g/mol. The average Bonchev–Trinajstić information content (AvgIpc) is 2.43. The van der Waals surface area contributed by atoms with Gasteiger partial charge in [0.25, 0.3) is 5.91 Å². The van der Waals surface area contributed by atoms with Crippen molar-refractivity contribution in [2.24, 2.45) is 0 Å². The molecular formula is C11H14Cl2N2O5. The van der Waals surface area contributed by atoms with Crippen molar-refractivity contribution in [1.29, 1.82) is 0 Å². The molecule has 5 N–H and O–H groups in total. The normalized spacial score (nSPS) is 13.9. The van der Waals surface area contributed by atoms with Crippen LogP contribution >= 0.6 is 23.2 Å². The van der Waals surface area contributed by atoms with Gasteiger partial charge in [-0.1, -0.05) is 35.3 Å². The van der Waals surface area contributed by atoms with Crippen molar-refractivity contribution in [2.45, 2.75) is 17.0 Å². The third-order valence-electron chi connectivity index (χ3n) is 2.57. The number of hydrogen-bond donors (Lipinski definition) is 5. The third kappa shape index (κ3) is 4.48. The summed E-state index contributed by atoms with van der Waals surface area (Å²) in [5.41, 5.74) is 0.447. The van der Waals surface area contributed by atoms with Crippen LogP contribution in [0.25, 0.3) is 0 Å². The van der Waals surface area contributed by atoms with Crippen molar-refractivity contribution in [1.82, 2.24) is 5.32 Å². The van der Waals surface area contributed by atoms with Gasteiger partial charge in [-0.2, -0.15) is 0 Å². The summed E-state index contributed by atoms with van der Waals surface area (Å²) in [6, 6.07) is 4.49. The van der Waals surface area contributed by atoms with Crippen LogP contribution in [0.1, 0.15) is 11.7 Å². The van der Waals surface area contributed by atoms with E-state index in [-0.39, 0.29) is 10.9 Å². The predicted molar refractivity (Wildman–Crippen MR) is 72.0 cm³/mol. The van der Waals surface area contributed by atoms with Crippen molar-refractivity contribution < 1.29 is 25.4 Å². The number of nitrogens with zero attached hydrogens (tertiary/aromatic N) is 1. The van der Waals surface area contributed by atoms with E-state index in [0.29, 0.717) is 5.56 Å². The first-order valence-corrected chi connectivity index (χ1v) is 6.39. The van der Waals surface area contributed by atoms with Crippen LogP contribution < -0.4 is 10.5 Å². The Morgan fingerprint density at radius 2 is 1.80 bits per heavy atom. The standard InChI is InChI=1S/C11H14Cl2N2O5/c12-10(13)11(18)14-8(5-16)9(17)6-1-3-7(4-2-6)15(19)20/h1-4,8-10,16-17,19-20H,5H2,(H,14,18)/t8-,9-/m1/s1. The highest BCUT2D eigenvalue weighted by atomic mass is 35.5. The Labute approximate surface area is 124 Å². The van der Waals surface area contributed by atoms with Gasteiger partial charge in [-0.15, -0.1) is 5.23 Å². The molecule has 112 valence electrons. The average molecular weight is 325 g/mol. The van der Waals surface area contributed by atoms with Crippen LogP contribution in [0.2, 0.25) is 0 Å². The molecule has 1 aromatic carbocycles. The number of aliphatic hydroxyl groups excluding tert-OH is 2. The lowest BCUT2D eigenvalue weighted by Crippen LogP contribution is -2.44. The Kier molecular flexibility index (Phi) is 6.47. The van der Waals surface area contributed by atoms with Gasteiger partial charge in [-0.05, 0) is 17.7 Å². The number of anilines is 1. The maximum atomic E-state index is 11.3. The zero-order chi connectivity index (χ0) is 15.3. The summed E-state index contributed by atoms with van der Waals surface area (Å²) >= 11 is 10.7. The zero-order valence-electron chi connectivity index (χ0n) is 10.1. The van der Waals surface area contributed by atoms with Crippen molar-refractivity contribution in [3.8, 4) is 0 Å². The van der Waals surface area contributed by atoms with E-state index in [1.807, 2.05) is 0 Å². The SMILES string of the molecule is O=C(N[C@H](CO)[C@H](O)c1ccc(N(O)O)cc1)C(Cl)Cl. The van der Waals surface area contributed by atoms with Gasteiger partial charge in [-0.25, -0.2) is 0 Å². The second-order valence-electron chi connectivity index (χ2n) is 3.92. The van der Waals surface area contributed by atoms with E-state index in [4.69, 9.17) is 33.6 Å². The van der Waals surface area contributed by atoms with Crippen molar-refractivity contribution in [3.05, 3.63) is 29.8 Å². The number of carbonyl (C=O) groups is 1. The fraction of sp³-hybridized carbons (Fsp3) is 0.364. The van der Waals surface area contributed by atoms with Gasteiger partial charge in [-0.3, -0.25) is 15.2 Å². The molecule has 0 heterocycles. The van der Waals surface area contributed by atoms with E-state index in [1.165, 1.54) is 24.3 Å². The molecule has 0 unspecified atom stereocenters. The molecule has 0 spiro atoms. The first kappa shape index (κ1) is 17.0. The Morgan fingerprint density at radius 3 is 2.20 bits per heavy atom. The number of rotatable bonds is 6. The number of aliphatic hydroxyl groups is 2. The summed E-state index contributed by atoms with van der Waals surface area (Å²) < 4.78 is 0. The molecule has 0 aliphatic heterocycles. The molecule has 0 bridgehead atoms. The lowest BCUT2D eigenvalue weighted by Gasteiger charge is -2.23. The van der Waals surface area contributed by atoms with Gasteiger partial charge in [0, 0.05) is 0 Å². The lowest BCUT2D eigenvalue weighted by molar-refractivity contribution is -0.121. The van der Waals surface area contributed by atoms with Crippen LogP contribution in [0, 0.1) is 0 Å². The zero-order valence-corrected chi connectivity index (χ0v) is 11.7. The van der Waals surface area contributed by atoms with E-state index >= 15 is 0 Å². The Hall–Kier alpha value is -1.09. The summed E-state index contributed by atoms with van der Waals surface area (Å²) in [5, 5.41) is 39.0. The maximum absolute atomic E-state index is 11.3. The summed E-state index contributed by atoms with van der Waals surface area (Å²) in [6.45, 7) is -0.527. The predicted octanol–water partition coefficient (Wildman–Crippen LogP) is 0.586. The van der Waals surface area contributed by atoms with Crippen molar-refractivity contribution in [2.75, 3.05) is 11.8 Å². The summed E-state index contributed by atoms with van der Waals surface area (Å²) in [5.74, 6) is -0.736. The summed E-state index contributed by atoms with van der Waals surface area (Å²) in [7, 11) is 0. The molecule has 9 heteroatoms. The lowest BCUT2D eigenvalue weighted by atomic mass is 10.0. The van der Waals surface area contributed by atoms with E-state index in [0.717, 1.165) is 0 Å². The molecule has 0 aliphatic carbocycles. The number of amides is 1. The Morgan fingerprint density at radius 1 is 1.25 bits per heavy atom. The molecule has 0 saturated carbocycles. The highest BCUT2D eigenvalue weighted by Gasteiger charge is 2.24. The summed E-state index contributed by atoms with van der Waals surface area (Å²) in [4.78, 5) is 10.0. The van der Waals surface area contributed by atoms with Crippen LogP contribution in [0.4, 0.5) is 5.69 Å². The summed E-state index contributed by atoms with van der Waals surface area (Å²) in [6.07, 6.45) is -1.21. The van der Waals surface area contributed by atoms with Gasteiger partial charge in [0.05, 0.1) is 18.3 Å². The molecule has 1 rings (SSSR count). The van der Waals surface area contributed by atoms with E-state index in [1.54, 1.807) is 0 Å². The number of halogens is 2. The van der Waals surface area contributed by atoms with Gasteiger partial charge >= 0.3 is 0 Å². The molecule has 2 atom stereocenters. The highest BCUT2D eigenvalue weighted by molar-refractivity contribution is 6.53. The molecule has 0 radical (unpaired) electrons. The second kappa shape index (κ2) is 7.63. The van der Waals surface area contributed by atoms with Crippen LogP contribution in [-0.2, 0) is 4.79 Å². The Bertz CT molecular complexity index is 441. The van der Waals surface area contributed by atoms with Gasteiger partial charge < -0.3 is 15.5 Å². The van der Waals surface area contributed by atoms with Gasteiger partial charge in [0.1, 0.15) is 6.10 Å². The fourth-order valence-corrected chi connectivity index (χ4v) is 1.63. The first-order valence-electron chi connectivity index (χ1n) is 5.52. The second-order valence-corrected chi connectivity index (χ2v) is 5.02. The molecular weight excluding hydrogens is 311 g/mol. The minimum Gasteiger partial charge on any atom is -0.394 e. The largest absolute Gasteiger partial charge is 0.394 e. The van der Waals surface area contributed by atoms with Crippen LogP contribution in [-0.4, -0.2) is 44.0 Å². The minimum atomic E-state index is -1.31. The minimum absolute atomic E-state index is 0.0763. The fourth-order valence-electron chi connectivity index (χ4n) is 1.51. The van der Waals surface area contributed by atoms with Crippen molar-refractivity contribution >= 4 is 34.8 Å². The Balaban J connectivity index is 2.80. The number of carbonyl (C=O) groups excluding carboxylic acids is 1. The third-order valence-corrected chi connectivity index (χ3v) is 2.97. The molecule has 0 aliphatic rings. The van der Waals surface area contributed by atoms with Crippen molar-refractivity contribution in [3.63, 3.8) is 0 Å². The number of hydrogen-bond acceptors (Lipinski definition) is 6. The topological polar surface area (TPSA) is 113 Å². The highest BCUT2D eigenvalue weighted by Crippen LogP contribution is 2.20. The van der Waals surface area contributed by atoms with E-state index in [9.17, 15) is 15.0 Å². The van der Waals surface area contributed by atoms with Gasteiger partial charge in [0.15, 0.2) is 4.84 Å². The molecule has 1 aromatic rings. The number of benzene rings is 1. The maximum Gasteiger partial charge on any atom is 0.253 e.